The summed E-state index contributed by atoms with van der Waals surface area (Å²) in [5.41, 5.74) is 1.24. The van der Waals surface area contributed by atoms with Crippen molar-refractivity contribution in [3.8, 4) is 5.75 Å². The van der Waals surface area contributed by atoms with Crippen LogP contribution in [0.15, 0.2) is 22.6 Å². The first-order chi connectivity index (χ1) is 11.0. The van der Waals surface area contributed by atoms with Crippen molar-refractivity contribution in [2.75, 3.05) is 7.11 Å². The quantitative estimate of drug-likeness (QED) is 0.858. The van der Waals surface area contributed by atoms with Crippen LogP contribution in [0.2, 0.25) is 0 Å². The number of carbonyl (C=O) groups is 2. The number of amides is 1. The lowest BCUT2D eigenvalue weighted by Gasteiger charge is -2.12. The highest BCUT2D eigenvalue weighted by atomic mass is 16.6. The molecule has 23 heavy (non-hydrogen) atoms. The van der Waals surface area contributed by atoms with Gasteiger partial charge in [0.2, 0.25) is 5.76 Å². The molecule has 6 nitrogen and oxygen atoms in total. The Labute approximate surface area is 133 Å². The van der Waals surface area contributed by atoms with Crippen molar-refractivity contribution in [3.05, 3.63) is 29.5 Å². The van der Waals surface area contributed by atoms with E-state index in [2.05, 4.69) is 5.32 Å². The normalized spacial score (nSPS) is 15.3. The van der Waals surface area contributed by atoms with Gasteiger partial charge in [0.25, 0.3) is 5.91 Å². The predicted octanol–water partition coefficient (Wildman–Crippen LogP) is 2.57. The minimum atomic E-state index is -0.856. The number of hydrogen-bond donors (Lipinski definition) is 1. The maximum absolute atomic E-state index is 12.3. The van der Waals surface area contributed by atoms with Gasteiger partial charge in [-0.2, -0.15) is 0 Å². The Hall–Kier alpha value is -2.50. The van der Waals surface area contributed by atoms with E-state index in [9.17, 15) is 9.59 Å². The Balaban J connectivity index is 1.77. The summed E-state index contributed by atoms with van der Waals surface area (Å²) >= 11 is 0. The van der Waals surface area contributed by atoms with Crippen LogP contribution < -0.4 is 10.1 Å². The van der Waals surface area contributed by atoms with E-state index in [1.165, 1.54) is 0 Å². The lowest BCUT2D eigenvalue weighted by molar-refractivity contribution is -0.129. The maximum Gasteiger partial charge on any atom is 0.375 e. The number of hydrogen-bond acceptors (Lipinski definition) is 5. The van der Waals surface area contributed by atoms with Gasteiger partial charge in [-0.1, -0.05) is 0 Å². The molecule has 1 heterocycles. The highest BCUT2D eigenvalue weighted by molar-refractivity contribution is 5.97. The number of rotatable bonds is 5. The molecule has 1 aliphatic rings. The third kappa shape index (κ3) is 3.16. The van der Waals surface area contributed by atoms with E-state index in [-0.39, 0.29) is 17.7 Å². The second kappa shape index (κ2) is 5.95. The highest BCUT2D eigenvalue weighted by Crippen LogP contribution is 2.29. The van der Waals surface area contributed by atoms with Crippen LogP contribution in [0.5, 0.6) is 5.75 Å². The molecule has 0 radical (unpaired) electrons. The van der Waals surface area contributed by atoms with Crippen molar-refractivity contribution < 1.29 is 23.5 Å². The molecule has 2 aromatic rings. The molecule has 1 aliphatic carbocycles. The van der Waals surface area contributed by atoms with Crippen molar-refractivity contribution in [2.24, 2.45) is 0 Å². The Morgan fingerprint density at radius 2 is 2.09 bits per heavy atom. The number of benzene rings is 1. The largest absolute Gasteiger partial charge is 0.497 e. The minimum absolute atomic E-state index is 0.110. The van der Waals surface area contributed by atoms with Gasteiger partial charge in [0.15, 0.2) is 6.10 Å². The fraction of sp³-hybridized carbons (Fsp3) is 0.412. The fourth-order valence-electron chi connectivity index (χ4n) is 2.34. The Morgan fingerprint density at radius 1 is 1.35 bits per heavy atom. The summed E-state index contributed by atoms with van der Waals surface area (Å²) in [5.74, 6) is -0.134. The molecular weight excluding hydrogens is 298 g/mol. The summed E-state index contributed by atoms with van der Waals surface area (Å²) in [6.07, 6.45) is 1.11. The van der Waals surface area contributed by atoms with Crippen LogP contribution in [-0.2, 0) is 9.53 Å². The summed E-state index contributed by atoms with van der Waals surface area (Å²) in [4.78, 5) is 24.1. The van der Waals surface area contributed by atoms with Gasteiger partial charge in [-0.05, 0) is 44.9 Å². The molecule has 1 aromatic heterocycles. The van der Waals surface area contributed by atoms with Gasteiger partial charge >= 0.3 is 5.97 Å². The van der Waals surface area contributed by atoms with Crippen molar-refractivity contribution >= 4 is 22.8 Å². The summed E-state index contributed by atoms with van der Waals surface area (Å²) in [5, 5.41) is 3.59. The van der Waals surface area contributed by atoms with Gasteiger partial charge < -0.3 is 19.2 Å². The van der Waals surface area contributed by atoms with Crippen LogP contribution in [0.3, 0.4) is 0 Å². The Morgan fingerprint density at radius 3 is 2.74 bits per heavy atom. The predicted molar refractivity (Wildman–Crippen MR) is 83.5 cm³/mol. The molecule has 1 atom stereocenters. The van der Waals surface area contributed by atoms with Crippen LogP contribution in [0.25, 0.3) is 11.0 Å². The smallest absolute Gasteiger partial charge is 0.375 e. The van der Waals surface area contributed by atoms with Crippen LogP contribution in [0, 0.1) is 6.92 Å². The van der Waals surface area contributed by atoms with E-state index in [0.29, 0.717) is 16.9 Å². The van der Waals surface area contributed by atoms with E-state index in [4.69, 9.17) is 13.9 Å². The average Bonchev–Trinajstić information content (AvgIpc) is 3.29. The van der Waals surface area contributed by atoms with E-state index >= 15 is 0 Å². The van der Waals surface area contributed by atoms with Crippen molar-refractivity contribution in [1.82, 2.24) is 5.32 Å². The number of ether oxygens (including phenoxy) is 2. The Kier molecular flexibility index (Phi) is 3.98. The average molecular weight is 317 g/mol. The van der Waals surface area contributed by atoms with Gasteiger partial charge in [0.05, 0.1) is 7.11 Å². The fourth-order valence-corrected chi connectivity index (χ4v) is 2.34. The lowest BCUT2D eigenvalue weighted by atomic mass is 10.1. The third-order valence-corrected chi connectivity index (χ3v) is 3.91. The molecule has 0 spiro atoms. The zero-order chi connectivity index (χ0) is 16.6. The number of carbonyl (C=O) groups excluding carboxylic acids is 2. The summed E-state index contributed by atoms with van der Waals surface area (Å²) < 4.78 is 16.0. The molecule has 1 fully saturated rings. The van der Waals surface area contributed by atoms with Crippen LogP contribution in [0.4, 0.5) is 0 Å². The Bertz CT molecular complexity index is 760. The van der Waals surface area contributed by atoms with Crippen molar-refractivity contribution in [1.29, 1.82) is 0 Å². The molecule has 1 saturated carbocycles. The molecule has 1 amide bonds. The molecule has 0 aliphatic heterocycles. The SMILES string of the molecule is COc1ccc2oc(C(=O)OC(C)C(=O)NC3CC3)c(C)c2c1. The third-order valence-electron chi connectivity index (χ3n) is 3.91. The second-order valence-electron chi connectivity index (χ2n) is 5.75. The summed E-state index contributed by atoms with van der Waals surface area (Å²) in [7, 11) is 1.58. The lowest BCUT2D eigenvalue weighted by Crippen LogP contribution is -2.37. The first-order valence-corrected chi connectivity index (χ1v) is 7.58. The van der Waals surface area contributed by atoms with Gasteiger partial charge in [-0.15, -0.1) is 0 Å². The van der Waals surface area contributed by atoms with Gasteiger partial charge in [0.1, 0.15) is 11.3 Å². The molecule has 0 bridgehead atoms. The number of esters is 1. The number of fused-ring (bicyclic) bond motifs is 1. The monoisotopic (exact) mass is 317 g/mol. The van der Waals surface area contributed by atoms with E-state index in [1.54, 1.807) is 39.2 Å². The maximum atomic E-state index is 12.3. The summed E-state index contributed by atoms with van der Waals surface area (Å²) in [6, 6.07) is 5.52. The topological polar surface area (TPSA) is 77.8 Å². The highest BCUT2D eigenvalue weighted by Gasteiger charge is 2.28. The van der Waals surface area contributed by atoms with Crippen molar-refractivity contribution in [3.63, 3.8) is 0 Å². The minimum Gasteiger partial charge on any atom is -0.497 e. The van der Waals surface area contributed by atoms with Crippen LogP contribution in [0.1, 0.15) is 35.9 Å². The molecular formula is C17H19NO5. The molecule has 0 saturated heterocycles. The van der Waals surface area contributed by atoms with Gasteiger partial charge in [-0.3, -0.25) is 4.79 Å². The van der Waals surface area contributed by atoms with Gasteiger partial charge in [-0.25, -0.2) is 4.79 Å². The second-order valence-corrected chi connectivity index (χ2v) is 5.75. The first kappa shape index (κ1) is 15.4. The molecule has 1 unspecified atom stereocenters. The molecule has 1 N–H and O–H groups in total. The standard InChI is InChI=1S/C17H19NO5/c1-9-13-8-12(21-3)6-7-14(13)23-15(9)17(20)22-10(2)16(19)18-11-4-5-11/h6-8,10-11H,4-5H2,1-3H3,(H,18,19). The molecule has 122 valence electrons. The molecule has 6 heteroatoms. The summed E-state index contributed by atoms with van der Waals surface area (Å²) in [6.45, 7) is 3.33. The van der Waals surface area contributed by atoms with Crippen molar-refractivity contribution in [2.45, 2.75) is 38.8 Å². The number of methoxy groups -OCH3 is 1. The molecule has 3 rings (SSSR count). The number of nitrogens with one attached hydrogen (secondary N) is 1. The zero-order valence-electron chi connectivity index (χ0n) is 13.3. The van der Waals surface area contributed by atoms with E-state index < -0.39 is 12.1 Å². The van der Waals surface area contributed by atoms with Crippen LogP contribution >= 0.6 is 0 Å². The van der Waals surface area contributed by atoms with E-state index in [1.807, 2.05) is 0 Å². The zero-order valence-corrected chi connectivity index (χ0v) is 13.3. The molecule has 1 aromatic carbocycles. The van der Waals surface area contributed by atoms with E-state index in [0.717, 1.165) is 18.2 Å². The van der Waals surface area contributed by atoms with Gasteiger partial charge in [0, 0.05) is 17.0 Å². The first-order valence-electron chi connectivity index (χ1n) is 7.58. The number of aryl methyl sites for hydroxylation is 1. The number of furan rings is 1. The van der Waals surface area contributed by atoms with Crippen LogP contribution in [-0.4, -0.2) is 31.1 Å².